The van der Waals surface area contributed by atoms with E-state index in [0.29, 0.717) is 29.9 Å². The van der Waals surface area contributed by atoms with Crippen molar-refractivity contribution in [1.29, 1.82) is 0 Å². The van der Waals surface area contributed by atoms with Crippen LogP contribution in [0.3, 0.4) is 0 Å². The minimum Gasteiger partial charge on any atom is -0.493 e. The number of aliphatic hydroxyl groups is 1. The molecule has 0 aromatic heterocycles. The molecule has 2 N–H and O–H groups in total. The van der Waals surface area contributed by atoms with Crippen molar-refractivity contribution in [1.82, 2.24) is 0 Å². The third kappa shape index (κ3) is 3.37. The summed E-state index contributed by atoms with van der Waals surface area (Å²) in [6.45, 7) is 3.55. The summed E-state index contributed by atoms with van der Waals surface area (Å²) in [7, 11) is 0. The molecule has 132 valence electrons. The number of ether oxygens (including phenoxy) is 1. The molecule has 1 aliphatic heterocycles. The third-order valence-corrected chi connectivity index (χ3v) is 4.87. The van der Waals surface area contributed by atoms with Crippen LogP contribution in [-0.2, 0) is 16.6 Å². The van der Waals surface area contributed by atoms with Crippen molar-refractivity contribution in [3.63, 3.8) is 0 Å². The Hall–Kier alpha value is -2.40. The lowest BCUT2D eigenvalue weighted by molar-refractivity contribution is -0.142. The van der Waals surface area contributed by atoms with Gasteiger partial charge in [0.15, 0.2) is 0 Å². The highest BCUT2D eigenvalue weighted by Gasteiger charge is 2.34. The van der Waals surface area contributed by atoms with Crippen LogP contribution >= 0.6 is 0 Å². The first-order valence-corrected chi connectivity index (χ1v) is 8.22. The normalized spacial score (nSPS) is 19.8. The molecular weight excluding hydrogens is 323 g/mol. The number of aliphatic hydroxyl groups excluding tert-OH is 1. The minimum absolute atomic E-state index is 0.187. The first-order valence-electron chi connectivity index (χ1n) is 8.22. The SMILES string of the molecule is CC(C)(C(=O)O)c1ccc2c(c1)OC[C@H](Cc1cccc(F)c1)[C@H]2O. The van der Waals surface area contributed by atoms with Gasteiger partial charge in [-0.1, -0.05) is 24.3 Å². The molecule has 0 saturated heterocycles. The molecule has 0 unspecified atom stereocenters. The van der Waals surface area contributed by atoms with Crippen molar-refractivity contribution in [2.75, 3.05) is 6.61 Å². The first-order chi connectivity index (χ1) is 11.8. The van der Waals surface area contributed by atoms with Gasteiger partial charge in [-0.25, -0.2) is 4.39 Å². The van der Waals surface area contributed by atoms with Crippen molar-refractivity contribution in [2.45, 2.75) is 31.8 Å². The molecule has 0 radical (unpaired) electrons. The summed E-state index contributed by atoms with van der Waals surface area (Å²) < 4.78 is 19.1. The Bertz CT molecular complexity index is 800. The summed E-state index contributed by atoms with van der Waals surface area (Å²) in [6, 6.07) is 11.4. The van der Waals surface area contributed by atoms with Gasteiger partial charge in [0.2, 0.25) is 0 Å². The van der Waals surface area contributed by atoms with Crippen LogP contribution in [0.5, 0.6) is 5.75 Å². The number of hydrogen-bond donors (Lipinski definition) is 2. The Kier molecular flexibility index (Phi) is 4.52. The van der Waals surface area contributed by atoms with Gasteiger partial charge >= 0.3 is 5.97 Å². The molecule has 4 nitrogen and oxygen atoms in total. The molecule has 0 fully saturated rings. The second-order valence-electron chi connectivity index (χ2n) is 7.03. The Morgan fingerprint density at radius 3 is 2.72 bits per heavy atom. The van der Waals surface area contributed by atoms with Gasteiger partial charge in [-0.3, -0.25) is 4.79 Å². The van der Waals surface area contributed by atoms with Crippen molar-refractivity contribution >= 4 is 5.97 Å². The standard InChI is InChI=1S/C20H21FO4/c1-20(2,19(23)24)14-6-7-16-17(10-14)25-11-13(18(16)22)8-12-4-3-5-15(21)9-12/h3-7,9-10,13,18,22H,8,11H2,1-2H3,(H,23,24)/t13-,18+/m0/s1. The lowest BCUT2D eigenvalue weighted by Crippen LogP contribution is -2.30. The Labute approximate surface area is 145 Å². The fraction of sp³-hybridized carbons (Fsp3) is 0.350. The van der Waals surface area contributed by atoms with Gasteiger partial charge in [-0.2, -0.15) is 0 Å². The summed E-state index contributed by atoms with van der Waals surface area (Å²) in [5.41, 5.74) is 1.02. The molecule has 5 heteroatoms. The predicted octanol–water partition coefficient (Wildman–Crippen LogP) is 3.47. The number of halogens is 1. The number of rotatable bonds is 4. The number of carboxylic acid groups (broad SMARTS) is 1. The smallest absolute Gasteiger partial charge is 0.313 e. The molecule has 2 atom stereocenters. The highest BCUT2D eigenvalue weighted by Crippen LogP contribution is 2.39. The van der Waals surface area contributed by atoms with Gasteiger partial charge in [0.05, 0.1) is 18.1 Å². The second-order valence-corrected chi connectivity index (χ2v) is 7.03. The number of fused-ring (bicyclic) bond motifs is 1. The lowest BCUT2D eigenvalue weighted by Gasteiger charge is -2.32. The monoisotopic (exact) mass is 344 g/mol. The summed E-state index contributed by atoms with van der Waals surface area (Å²) >= 11 is 0. The van der Waals surface area contributed by atoms with Crippen LogP contribution in [0, 0.1) is 11.7 Å². The summed E-state index contributed by atoms with van der Waals surface area (Å²) in [6.07, 6.45) is -0.241. The quantitative estimate of drug-likeness (QED) is 0.891. The van der Waals surface area contributed by atoms with Gasteiger partial charge in [0.25, 0.3) is 0 Å². The molecule has 1 aliphatic rings. The van der Waals surface area contributed by atoms with Crippen LogP contribution in [0.1, 0.15) is 36.6 Å². The van der Waals surface area contributed by atoms with E-state index < -0.39 is 17.5 Å². The van der Waals surface area contributed by atoms with Gasteiger partial charge in [-0.05, 0) is 49.6 Å². The van der Waals surface area contributed by atoms with Crippen LogP contribution < -0.4 is 4.74 Å². The molecule has 0 amide bonds. The van der Waals surface area contributed by atoms with Crippen molar-refractivity contribution < 1.29 is 24.1 Å². The van der Waals surface area contributed by atoms with E-state index in [1.165, 1.54) is 12.1 Å². The highest BCUT2D eigenvalue weighted by molar-refractivity contribution is 5.80. The largest absolute Gasteiger partial charge is 0.493 e. The van der Waals surface area contributed by atoms with Crippen LogP contribution in [-0.4, -0.2) is 22.8 Å². The van der Waals surface area contributed by atoms with Crippen LogP contribution in [0.4, 0.5) is 4.39 Å². The Balaban J connectivity index is 1.84. The Morgan fingerprint density at radius 2 is 2.04 bits per heavy atom. The Morgan fingerprint density at radius 1 is 1.28 bits per heavy atom. The van der Waals surface area contributed by atoms with E-state index in [2.05, 4.69) is 0 Å². The summed E-state index contributed by atoms with van der Waals surface area (Å²) in [5, 5.41) is 20.0. The van der Waals surface area contributed by atoms with E-state index in [0.717, 1.165) is 5.56 Å². The molecule has 0 spiro atoms. The predicted molar refractivity (Wildman–Crippen MR) is 91.2 cm³/mol. The molecule has 2 aromatic rings. The second kappa shape index (κ2) is 6.48. The molecule has 0 aliphatic carbocycles. The molecule has 2 aromatic carbocycles. The van der Waals surface area contributed by atoms with Crippen molar-refractivity contribution in [2.24, 2.45) is 5.92 Å². The molecule has 0 saturated carbocycles. The number of benzene rings is 2. The zero-order valence-corrected chi connectivity index (χ0v) is 14.2. The number of carbonyl (C=O) groups is 1. The van der Waals surface area contributed by atoms with Gasteiger partial charge in [-0.15, -0.1) is 0 Å². The maximum atomic E-state index is 13.3. The van der Waals surface area contributed by atoms with Crippen LogP contribution in [0.2, 0.25) is 0 Å². The van der Waals surface area contributed by atoms with Gasteiger partial charge in [0, 0.05) is 11.5 Å². The fourth-order valence-corrected chi connectivity index (χ4v) is 3.10. The zero-order chi connectivity index (χ0) is 18.2. The van der Waals surface area contributed by atoms with Crippen LogP contribution in [0.15, 0.2) is 42.5 Å². The lowest BCUT2D eigenvalue weighted by atomic mass is 9.82. The summed E-state index contributed by atoms with van der Waals surface area (Å²) in [5.74, 6) is -0.903. The average molecular weight is 344 g/mol. The molecule has 1 heterocycles. The van der Waals surface area contributed by atoms with E-state index in [1.807, 2.05) is 6.07 Å². The third-order valence-electron chi connectivity index (χ3n) is 4.87. The first kappa shape index (κ1) is 17.4. The van der Waals surface area contributed by atoms with E-state index in [4.69, 9.17) is 4.74 Å². The van der Waals surface area contributed by atoms with Crippen LogP contribution in [0.25, 0.3) is 0 Å². The fourth-order valence-electron chi connectivity index (χ4n) is 3.10. The van der Waals surface area contributed by atoms with Crippen molar-refractivity contribution in [3.05, 3.63) is 65.0 Å². The zero-order valence-electron chi connectivity index (χ0n) is 14.2. The highest BCUT2D eigenvalue weighted by atomic mass is 19.1. The minimum atomic E-state index is -1.04. The topological polar surface area (TPSA) is 66.8 Å². The average Bonchev–Trinajstić information content (AvgIpc) is 2.57. The van der Waals surface area contributed by atoms with E-state index in [9.17, 15) is 19.4 Å². The molecule has 3 rings (SSSR count). The number of carboxylic acids is 1. The number of aliphatic carboxylic acids is 1. The van der Waals surface area contributed by atoms with Crippen molar-refractivity contribution in [3.8, 4) is 5.75 Å². The summed E-state index contributed by atoms with van der Waals surface area (Å²) in [4.78, 5) is 11.4. The van der Waals surface area contributed by atoms with Gasteiger partial charge in [0.1, 0.15) is 11.6 Å². The molecule has 0 bridgehead atoms. The van der Waals surface area contributed by atoms with E-state index >= 15 is 0 Å². The maximum Gasteiger partial charge on any atom is 0.313 e. The molecule has 25 heavy (non-hydrogen) atoms. The van der Waals surface area contributed by atoms with E-state index in [1.54, 1.807) is 38.1 Å². The molecular formula is C20H21FO4. The number of hydrogen-bond acceptors (Lipinski definition) is 3. The maximum absolute atomic E-state index is 13.3. The van der Waals surface area contributed by atoms with E-state index in [-0.39, 0.29) is 11.7 Å². The van der Waals surface area contributed by atoms with Gasteiger partial charge < -0.3 is 14.9 Å².